The first-order valence-corrected chi connectivity index (χ1v) is 3.52. The lowest BCUT2D eigenvalue weighted by molar-refractivity contribution is 0.480. The average molecular weight is 164 g/mol. The van der Waals surface area contributed by atoms with Crippen molar-refractivity contribution in [2.24, 2.45) is 0 Å². The van der Waals surface area contributed by atoms with E-state index in [-0.39, 0.29) is 5.95 Å². The van der Waals surface area contributed by atoms with E-state index in [2.05, 4.69) is 10.1 Å². The molecule has 2 aromatic rings. The van der Waals surface area contributed by atoms with Crippen LogP contribution in [0.15, 0.2) is 29.1 Å². The minimum absolute atomic E-state index is 0.279. The minimum atomic E-state index is 0.279. The zero-order chi connectivity index (χ0) is 8.39. The molecule has 0 aliphatic heterocycles. The third kappa shape index (κ3) is 1.29. The number of furan rings is 1. The van der Waals surface area contributed by atoms with Crippen molar-refractivity contribution in [1.29, 1.82) is 0 Å². The summed E-state index contributed by atoms with van der Waals surface area (Å²) in [6.07, 6.45) is 3.19. The molecule has 0 radical (unpaired) electrons. The Labute approximate surface area is 68.8 Å². The first-order chi connectivity index (χ1) is 5.84. The summed E-state index contributed by atoms with van der Waals surface area (Å²) in [6.45, 7) is 0.567. The van der Waals surface area contributed by atoms with E-state index >= 15 is 0 Å². The monoisotopic (exact) mass is 164 g/mol. The number of hydrogen-bond acceptors (Lipinski definition) is 4. The van der Waals surface area contributed by atoms with Gasteiger partial charge in [0, 0.05) is 0 Å². The van der Waals surface area contributed by atoms with Crippen LogP contribution in [-0.4, -0.2) is 14.8 Å². The molecule has 0 aliphatic rings. The zero-order valence-corrected chi connectivity index (χ0v) is 6.34. The van der Waals surface area contributed by atoms with E-state index in [0.29, 0.717) is 6.54 Å². The van der Waals surface area contributed by atoms with Gasteiger partial charge in [0.15, 0.2) is 0 Å². The molecule has 0 saturated carbocycles. The SMILES string of the molecule is Nc1ncn(Cc2ccco2)n1. The second kappa shape index (κ2) is 2.69. The second-order valence-corrected chi connectivity index (χ2v) is 2.38. The summed E-state index contributed by atoms with van der Waals surface area (Å²) in [6, 6.07) is 3.70. The van der Waals surface area contributed by atoms with Crippen LogP contribution < -0.4 is 5.73 Å². The maximum absolute atomic E-state index is 5.33. The van der Waals surface area contributed by atoms with Gasteiger partial charge in [-0.25, -0.2) is 9.67 Å². The van der Waals surface area contributed by atoms with E-state index < -0.39 is 0 Å². The lowest BCUT2D eigenvalue weighted by atomic mass is 10.4. The van der Waals surface area contributed by atoms with Crippen LogP contribution in [0.3, 0.4) is 0 Å². The molecule has 0 bridgehead atoms. The molecule has 5 heteroatoms. The van der Waals surface area contributed by atoms with Crippen molar-refractivity contribution in [3.8, 4) is 0 Å². The van der Waals surface area contributed by atoms with E-state index in [4.69, 9.17) is 10.2 Å². The molecule has 0 spiro atoms. The number of rotatable bonds is 2. The van der Waals surface area contributed by atoms with E-state index in [1.54, 1.807) is 17.3 Å². The van der Waals surface area contributed by atoms with Crippen LogP contribution in [-0.2, 0) is 6.54 Å². The molecule has 0 amide bonds. The molecular formula is C7H8N4O. The number of nitrogen functional groups attached to an aromatic ring is 1. The Morgan fingerprint density at radius 2 is 2.50 bits per heavy atom. The molecule has 0 unspecified atom stereocenters. The maximum Gasteiger partial charge on any atom is 0.239 e. The van der Waals surface area contributed by atoms with E-state index in [1.165, 1.54) is 0 Å². The van der Waals surface area contributed by atoms with Gasteiger partial charge in [0.05, 0.1) is 6.26 Å². The topological polar surface area (TPSA) is 69.9 Å². The molecule has 0 aromatic carbocycles. The van der Waals surface area contributed by atoms with Gasteiger partial charge >= 0.3 is 0 Å². The van der Waals surface area contributed by atoms with Gasteiger partial charge in [0.1, 0.15) is 18.6 Å². The van der Waals surface area contributed by atoms with Gasteiger partial charge < -0.3 is 10.2 Å². The molecule has 0 saturated heterocycles. The van der Waals surface area contributed by atoms with Gasteiger partial charge in [-0.15, -0.1) is 5.10 Å². The normalized spacial score (nSPS) is 10.3. The highest BCUT2D eigenvalue weighted by Crippen LogP contribution is 2.02. The Morgan fingerprint density at radius 1 is 1.58 bits per heavy atom. The molecule has 12 heavy (non-hydrogen) atoms. The number of anilines is 1. The molecule has 62 valence electrons. The third-order valence-corrected chi connectivity index (χ3v) is 1.45. The van der Waals surface area contributed by atoms with Crippen LogP contribution in [0.4, 0.5) is 5.95 Å². The number of nitrogens with two attached hydrogens (primary N) is 1. The summed E-state index contributed by atoms with van der Waals surface area (Å²) in [4.78, 5) is 3.79. The Balaban J connectivity index is 2.14. The molecule has 2 N–H and O–H groups in total. The fourth-order valence-corrected chi connectivity index (χ4v) is 0.947. The van der Waals surface area contributed by atoms with Crippen molar-refractivity contribution in [2.75, 3.05) is 5.73 Å². The molecule has 5 nitrogen and oxygen atoms in total. The van der Waals surface area contributed by atoms with Crippen molar-refractivity contribution in [3.05, 3.63) is 30.5 Å². The zero-order valence-electron chi connectivity index (χ0n) is 6.34. The van der Waals surface area contributed by atoms with Crippen molar-refractivity contribution < 1.29 is 4.42 Å². The van der Waals surface area contributed by atoms with Crippen molar-refractivity contribution >= 4 is 5.95 Å². The van der Waals surface area contributed by atoms with Gasteiger partial charge in [-0.2, -0.15) is 0 Å². The Morgan fingerprint density at radius 3 is 3.08 bits per heavy atom. The molecule has 2 aromatic heterocycles. The van der Waals surface area contributed by atoms with Gasteiger partial charge in [0.25, 0.3) is 0 Å². The van der Waals surface area contributed by atoms with Crippen LogP contribution >= 0.6 is 0 Å². The van der Waals surface area contributed by atoms with Crippen LogP contribution in [0.2, 0.25) is 0 Å². The smallest absolute Gasteiger partial charge is 0.239 e. The van der Waals surface area contributed by atoms with Crippen LogP contribution in [0.5, 0.6) is 0 Å². The van der Waals surface area contributed by atoms with E-state index in [1.807, 2.05) is 12.1 Å². The quantitative estimate of drug-likeness (QED) is 0.701. The lowest BCUT2D eigenvalue weighted by Crippen LogP contribution is -1.99. The minimum Gasteiger partial charge on any atom is -0.467 e. The maximum atomic E-state index is 5.33. The first kappa shape index (κ1) is 6.90. The molecular weight excluding hydrogens is 156 g/mol. The molecule has 0 atom stereocenters. The highest BCUT2D eigenvalue weighted by molar-refractivity contribution is 5.10. The van der Waals surface area contributed by atoms with Gasteiger partial charge in [-0.3, -0.25) is 0 Å². The average Bonchev–Trinajstić information content (AvgIpc) is 2.63. The summed E-state index contributed by atoms with van der Waals surface area (Å²) in [5, 5.41) is 3.91. The van der Waals surface area contributed by atoms with Crippen molar-refractivity contribution in [3.63, 3.8) is 0 Å². The summed E-state index contributed by atoms with van der Waals surface area (Å²) in [5.74, 6) is 1.11. The van der Waals surface area contributed by atoms with Gasteiger partial charge in [-0.1, -0.05) is 0 Å². The first-order valence-electron chi connectivity index (χ1n) is 3.52. The number of nitrogens with zero attached hydrogens (tertiary/aromatic N) is 3. The summed E-state index contributed by atoms with van der Waals surface area (Å²) in [5.41, 5.74) is 5.33. The Hall–Kier alpha value is -1.78. The fraction of sp³-hybridized carbons (Fsp3) is 0.143. The Kier molecular flexibility index (Phi) is 1.55. The van der Waals surface area contributed by atoms with E-state index in [0.717, 1.165) is 5.76 Å². The summed E-state index contributed by atoms with van der Waals surface area (Å²) >= 11 is 0. The predicted molar refractivity (Wildman–Crippen MR) is 42.2 cm³/mol. The van der Waals surface area contributed by atoms with Gasteiger partial charge in [-0.05, 0) is 12.1 Å². The standard InChI is InChI=1S/C7H8N4O/c8-7-9-5-11(10-7)4-6-2-1-3-12-6/h1-3,5H,4H2,(H2,8,10). The van der Waals surface area contributed by atoms with Crippen molar-refractivity contribution in [2.45, 2.75) is 6.54 Å². The fourth-order valence-electron chi connectivity index (χ4n) is 0.947. The predicted octanol–water partition coefficient (Wildman–Crippen LogP) is 0.502. The molecule has 2 rings (SSSR count). The highest BCUT2D eigenvalue weighted by Gasteiger charge is 1.98. The summed E-state index contributed by atoms with van der Waals surface area (Å²) < 4.78 is 6.74. The number of hydrogen-bond donors (Lipinski definition) is 1. The lowest BCUT2D eigenvalue weighted by Gasteiger charge is -1.93. The second-order valence-electron chi connectivity index (χ2n) is 2.38. The third-order valence-electron chi connectivity index (χ3n) is 1.45. The Bertz CT molecular complexity index is 351. The molecule has 2 heterocycles. The van der Waals surface area contributed by atoms with Gasteiger partial charge in [0.2, 0.25) is 5.95 Å². The van der Waals surface area contributed by atoms with E-state index in [9.17, 15) is 0 Å². The van der Waals surface area contributed by atoms with Crippen LogP contribution in [0.1, 0.15) is 5.76 Å². The highest BCUT2D eigenvalue weighted by atomic mass is 16.3. The van der Waals surface area contributed by atoms with Crippen LogP contribution in [0, 0.1) is 0 Å². The number of aromatic nitrogens is 3. The molecule has 0 aliphatic carbocycles. The molecule has 0 fully saturated rings. The summed E-state index contributed by atoms with van der Waals surface area (Å²) in [7, 11) is 0. The van der Waals surface area contributed by atoms with Crippen LogP contribution in [0.25, 0.3) is 0 Å². The van der Waals surface area contributed by atoms with Crippen molar-refractivity contribution in [1.82, 2.24) is 14.8 Å². The largest absolute Gasteiger partial charge is 0.467 e.